The van der Waals surface area contributed by atoms with Gasteiger partial charge in [0.2, 0.25) is 0 Å². The van der Waals surface area contributed by atoms with Crippen LogP contribution in [0.25, 0.3) is 22.4 Å². The molecule has 2 aromatic heterocycles. The Labute approximate surface area is 140 Å². The molecule has 0 unspecified atom stereocenters. The van der Waals surface area contributed by atoms with E-state index in [2.05, 4.69) is 68.7 Å². The molecule has 0 bridgehead atoms. The maximum absolute atomic E-state index is 4.38. The van der Waals surface area contributed by atoms with Crippen molar-refractivity contribution in [1.82, 2.24) is 20.2 Å². The molecule has 0 aliphatic carbocycles. The molecule has 2 aromatic carbocycles. The monoisotopic (exact) mass is 312 g/mol. The lowest BCUT2D eigenvalue weighted by Crippen LogP contribution is -1.83. The van der Waals surface area contributed by atoms with Gasteiger partial charge in [0.1, 0.15) is 6.33 Å². The van der Waals surface area contributed by atoms with Crippen molar-refractivity contribution < 1.29 is 0 Å². The minimum atomic E-state index is 1.01. The molecule has 0 aliphatic rings. The minimum absolute atomic E-state index is 1.01. The lowest BCUT2D eigenvalue weighted by atomic mass is 10.0. The zero-order chi connectivity index (χ0) is 16.5. The van der Waals surface area contributed by atoms with Gasteiger partial charge < -0.3 is 0 Å². The van der Waals surface area contributed by atoms with Crippen LogP contribution in [0.15, 0.2) is 97.7 Å². The predicted molar refractivity (Wildman–Crippen MR) is 94.9 cm³/mol. The van der Waals surface area contributed by atoms with Crippen molar-refractivity contribution in [3.05, 3.63) is 97.7 Å². The Bertz CT molecular complexity index is 769. The molecule has 0 amide bonds. The Morgan fingerprint density at radius 1 is 0.542 bits per heavy atom. The van der Waals surface area contributed by atoms with Crippen molar-refractivity contribution in [3.8, 4) is 22.4 Å². The van der Waals surface area contributed by atoms with Crippen LogP contribution in [0.5, 0.6) is 0 Å². The molecular weight excluding hydrogens is 296 g/mol. The Morgan fingerprint density at radius 3 is 1.96 bits per heavy atom. The lowest BCUT2D eigenvalue weighted by molar-refractivity contribution is 0.969. The fourth-order valence-corrected chi connectivity index (χ4v) is 2.23. The van der Waals surface area contributed by atoms with Crippen LogP contribution in [0.1, 0.15) is 0 Å². The third-order valence-corrected chi connectivity index (χ3v) is 3.33. The first-order chi connectivity index (χ1) is 11.9. The quantitative estimate of drug-likeness (QED) is 0.554. The van der Waals surface area contributed by atoms with Gasteiger partial charge in [-0.2, -0.15) is 5.10 Å². The molecule has 0 spiro atoms. The van der Waals surface area contributed by atoms with E-state index in [4.69, 9.17) is 0 Å². The van der Waals surface area contributed by atoms with Crippen molar-refractivity contribution in [3.63, 3.8) is 0 Å². The number of hydrogen-bond acceptors (Lipinski definition) is 4. The highest BCUT2D eigenvalue weighted by Gasteiger charge is 2.01. The smallest absolute Gasteiger partial charge is 0.138 e. The van der Waals surface area contributed by atoms with Gasteiger partial charge in [0.25, 0.3) is 0 Å². The van der Waals surface area contributed by atoms with Gasteiger partial charge >= 0.3 is 0 Å². The van der Waals surface area contributed by atoms with Gasteiger partial charge in [-0.1, -0.05) is 54.6 Å². The topological polar surface area (TPSA) is 51.6 Å². The van der Waals surface area contributed by atoms with Crippen molar-refractivity contribution in [2.75, 3.05) is 0 Å². The summed E-state index contributed by atoms with van der Waals surface area (Å²) < 4.78 is 0. The van der Waals surface area contributed by atoms with Crippen LogP contribution >= 0.6 is 0 Å². The van der Waals surface area contributed by atoms with E-state index >= 15 is 0 Å². The van der Waals surface area contributed by atoms with Crippen molar-refractivity contribution in [2.24, 2.45) is 0 Å². The van der Waals surface area contributed by atoms with E-state index in [0.717, 1.165) is 11.3 Å². The second-order valence-electron chi connectivity index (χ2n) is 4.96. The van der Waals surface area contributed by atoms with E-state index in [1.807, 2.05) is 30.5 Å². The predicted octanol–water partition coefficient (Wildman–Crippen LogP) is 4.29. The molecule has 4 nitrogen and oxygen atoms in total. The van der Waals surface area contributed by atoms with E-state index in [0.29, 0.717) is 0 Å². The van der Waals surface area contributed by atoms with Crippen molar-refractivity contribution in [1.29, 1.82) is 0 Å². The number of aromatic nitrogens is 4. The fourth-order valence-electron chi connectivity index (χ4n) is 2.23. The van der Waals surface area contributed by atoms with Crippen molar-refractivity contribution in [2.45, 2.75) is 0 Å². The van der Waals surface area contributed by atoms with Crippen molar-refractivity contribution >= 4 is 0 Å². The van der Waals surface area contributed by atoms with Crippen LogP contribution in [-0.2, 0) is 0 Å². The van der Waals surface area contributed by atoms with Gasteiger partial charge in [0.05, 0.1) is 11.9 Å². The molecule has 0 aliphatic heterocycles. The summed E-state index contributed by atoms with van der Waals surface area (Å²) >= 11 is 0. The number of nitrogens with zero attached hydrogens (tertiary/aromatic N) is 4. The van der Waals surface area contributed by atoms with Crippen LogP contribution in [0.4, 0.5) is 0 Å². The van der Waals surface area contributed by atoms with Gasteiger partial charge in [0, 0.05) is 18.0 Å². The molecule has 0 N–H and O–H groups in total. The fraction of sp³-hybridized carbons (Fsp3) is 0. The first-order valence-corrected chi connectivity index (χ1v) is 7.57. The van der Waals surface area contributed by atoms with Crippen LogP contribution in [0.2, 0.25) is 0 Å². The average molecular weight is 312 g/mol. The Morgan fingerprint density at radius 2 is 1.33 bits per heavy atom. The number of pyridine rings is 1. The molecule has 0 fully saturated rings. The average Bonchev–Trinajstić information content (AvgIpc) is 2.71. The second kappa shape index (κ2) is 8.29. The summed E-state index contributed by atoms with van der Waals surface area (Å²) in [6.07, 6.45) is 6.32. The third-order valence-electron chi connectivity index (χ3n) is 3.33. The zero-order valence-electron chi connectivity index (χ0n) is 13.0. The molecule has 4 heteroatoms. The van der Waals surface area contributed by atoms with Gasteiger partial charge in [-0.25, -0.2) is 4.98 Å². The van der Waals surface area contributed by atoms with Crippen LogP contribution in [-0.4, -0.2) is 20.2 Å². The molecule has 24 heavy (non-hydrogen) atoms. The highest BCUT2D eigenvalue weighted by Crippen LogP contribution is 2.24. The van der Waals surface area contributed by atoms with E-state index in [1.54, 1.807) is 6.20 Å². The summed E-state index contributed by atoms with van der Waals surface area (Å²) in [6.45, 7) is 0. The Hall–Kier alpha value is -3.40. The molecule has 4 rings (SSSR count). The summed E-state index contributed by atoms with van der Waals surface area (Å²) in [4.78, 5) is 7.99. The maximum atomic E-state index is 4.38. The molecule has 4 aromatic rings. The summed E-state index contributed by atoms with van der Waals surface area (Å²) in [5, 5.41) is 6.90. The second-order valence-corrected chi connectivity index (χ2v) is 4.96. The van der Waals surface area contributed by atoms with Crippen LogP contribution in [0, 0.1) is 0 Å². The van der Waals surface area contributed by atoms with Gasteiger partial charge in [-0.15, -0.1) is 5.10 Å². The summed E-state index contributed by atoms with van der Waals surface area (Å²) in [5.41, 5.74) is 4.61. The number of hydrogen-bond donors (Lipinski definition) is 0. The van der Waals surface area contributed by atoms with E-state index < -0.39 is 0 Å². The minimum Gasteiger partial charge on any atom is -0.256 e. The molecule has 0 atom stereocenters. The molecule has 2 heterocycles. The zero-order valence-corrected chi connectivity index (χ0v) is 13.0. The van der Waals surface area contributed by atoms with Gasteiger partial charge in [0.15, 0.2) is 0 Å². The van der Waals surface area contributed by atoms with Gasteiger partial charge in [-0.3, -0.25) is 4.98 Å². The SMILES string of the molecule is c1ccc(-c2cccc(-c3ccccn3)c2)cc1.c1cnncn1. The summed E-state index contributed by atoms with van der Waals surface area (Å²) in [7, 11) is 0. The number of rotatable bonds is 2. The van der Waals surface area contributed by atoms with Gasteiger partial charge in [-0.05, 0) is 29.3 Å². The first-order valence-electron chi connectivity index (χ1n) is 7.57. The van der Waals surface area contributed by atoms with E-state index in [1.165, 1.54) is 23.7 Å². The molecular formula is C20H16N4. The third kappa shape index (κ3) is 4.30. The van der Waals surface area contributed by atoms with E-state index in [-0.39, 0.29) is 0 Å². The highest BCUT2D eigenvalue weighted by molar-refractivity contribution is 5.71. The summed E-state index contributed by atoms with van der Waals surface area (Å²) in [5.74, 6) is 0. The van der Waals surface area contributed by atoms with Crippen LogP contribution < -0.4 is 0 Å². The largest absolute Gasteiger partial charge is 0.256 e. The highest BCUT2D eigenvalue weighted by atomic mass is 15.1. The maximum Gasteiger partial charge on any atom is 0.138 e. The van der Waals surface area contributed by atoms with Crippen LogP contribution in [0.3, 0.4) is 0 Å². The molecule has 116 valence electrons. The molecule has 0 saturated carbocycles. The number of benzene rings is 2. The first kappa shape index (κ1) is 15.5. The standard InChI is InChI=1S/C17H13N.C3H3N3/c1-2-7-14(8-3-1)15-9-6-10-16(13-15)17-11-4-5-12-18-17;1-2-5-6-3-4-1/h1-13H;1-3H. The molecule has 0 radical (unpaired) electrons. The summed E-state index contributed by atoms with van der Waals surface area (Å²) in [6, 6.07) is 24.8. The van der Waals surface area contributed by atoms with E-state index in [9.17, 15) is 0 Å². The normalized spacial score (nSPS) is 9.67. The Balaban J connectivity index is 0.000000238. The molecule has 0 saturated heterocycles. The Kier molecular flexibility index (Phi) is 5.35. The lowest BCUT2D eigenvalue weighted by Gasteiger charge is -2.05.